The Hall–Kier alpha value is -3.52. The standard InChI is InChI=1S/C18H13FN4O3/c19-13-7-12(1-2-16(13)23-5-3-11(9-23)10-24)15-8-17(26-22-15)18(20)14-4-6-25-21-14/h1-10,18H,20H2. The molecule has 8 heteroatoms. The molecule has 0 spiro atoms. The number of halogens is 1. The average molecular weight is 352 g/mol. The van der Waals surface area contributed by atoms with Crippen molar-refractivity contribution in [3.63, 3.8) is 0 Å². The number of nitrogens with zero attached hydrogens (tertiary/aromatic N) is 3. The molecule has 2 N–H and O–H groups in total. The summed E-state index contributed by atoms with van der Waals surface area (Å²) in [6.45, 7) is 0. The van der Waals surface area contributed by atoms with E-state index in [4.69, 9.17) is 14.8 Å². The van der Waals surface area contributed by atoms with E-state index in [1.807, 2.05) is 0 Å². The molecule has 0 amide bonds. The molecule has 3 heterocycles. The van der Waals surface area contributed by atoms with Gasteiger partial charge < -0.3 is 19.3 Å². The molecule has 1 atom stereocenters. The van der Waals surface area contributed by atoms with Crippen LogP contribution in [0.5, 0.6) is 0 Å². The Morgan fingerprint density at radius 3 is 2.77 bits per heavy atom. The Morgan fingerprint density at radius 2 is 2.08 bits per heavy atom. The fraction of sp³-hybridized carbons (Fsp3) is 0.0556. The maximum absolute atomic E-state index is 14.5. The topological polar surface area (TPSA) is 100 Å². The molecule has 0 radical (unpaired) electrons. The van der Waals surface area contributed by atoms with Crippen molar-refractivity contribution in [2.45, 2.75) is 6.04 Å². The van der Waals surface area contributed by atoms with Crippen LogP contribution >= 0.6 is 0 Å². The van der Waals surface area contributed by atoms with Gasteiger partial charge in [-0.25, -0.2) is 4.39 Å². The summed E-state index contributed by atoms with van der Waals surface area (Å²) >= 11 is 0. The molecule has 0 saturated heterocycles. The van der Waals surface area contributed by atoms with E-state index in [-0.39, 0.29) is 0 Å². The van der Waals surface area contributed by atoms with E-state index in [2.05, 4.69) is 10.3 Å². The van der Waals surface area contributed by atoms with E-state index in [9.17, 15) is 9.18 Å². The summed E-state index contributed by atoms with van der Waals surface area (Å²) in [6, 6.07) is 8.91. The van der Waals surface area contributed by atoms with Gasteiger partial charge >= 0.3 is 0 Å². The first kappa shape index (κ1) is 16.0. The summed E-state index contributed by atoms with van der Waals surface area (Å²) in [5.74, 6) is -0.0692. The number of carbonyl (C=O) groups excluding carboxylic acids is 1. The summed E-state index contributed by atoms with van der Waals surface area (Å²) in [6.07, 6.45) is 5.29. The van der Waals surface area contributed by atoms with Gasteiger partial charge in [-0.2, -0.15) is 0 Å². The Bertz CT molecular complexity index is 1050. The van der Waals surface area contributed by atoms with Crippen LogP contribution < -0.4 is 5.73 Å². The first-order valence-electron chi connectivity index (χ1n) is 7.71. The van der Waals surface area contributed by atoms with Gasteiger partial charge in [-0.1, -0.05) is 16.4 Å². The van der Waals surface area contributed by atoms with E-state index < -0.39 is 11.9 Å². The lowest BCUT2D eigenvalue weighted by Crippen LogP contribution is -2.11. The SMILES string of the molecule is NC(c1ccon1)c1cc(-c2ccc(-n3ccc(C=O)c3)c(F)c2)no1. The van der Waals surface area contributed by atoms with Gasteiger partial charge in [0, 0.05) is 35.7 Å². The van der Waals surface area contributed by atoms with Crippen molar-refractivity contribution in [1.82, 2.24) is 14.9 Å². The molecule has 7 nitrogen and oxygen atoms in total. The highest BCUT2D eigenvalue weighted by Crippen LogP contribution is 2.27. The van der Waals surface area contributed by atoms with Crippen LogP contribution in [0.3, 0.4) is 0 Å². The van der Waals surface area contributed by atoms with Crippen molar-refractivity contribution in [3.05, 3.63) is 77.9 Å². The van der Waals surface area contributed by atoms with E-state index in [1.165, 1.54) is 16.9 Å². The van der Waals surface area contributed by atoms with Gasteiger partial charge in [-0.15, -0.1) is 0 Å². The number of aldehydes is 1. The van der Waals surface area contributed by atoms with Crippen LogP contribution in [0, 0.1) is 5.82 Å². The third-order valence-electron chi connectivity index (χ3n) is 3.98. The van der Waals surface area contributed by atoms with Crippen molar-refractivity contribution in [2.24, 2.45) is 5.73 Å². The Balaban J connectivity index is 1.63. The monoisotopic (exact) mass is 352 g/mol. The lowest BCUT2D eigenvalue weighted by atomic mass is 10.1. The summed E-state index contributed by atoms with van der Waals surface area (Å²) in [5, 5.41) is 7.71. The molecule has 3 aromatic heterocycles. The largest absolute Gasteiger partial charge is 0.364 e. The van der Waals surface area contributed by atoms with Gasteiger partial charge in [-0.05, 0) is 18.2 Å². The number of hydrogen-bond donors (Lipinski definition) is 1. The van der Waals surface area contributed by atoms with Gasteiger partial charge in [-0.3, -0.25) is 4.79 Å². The second kappa shape index (κ2) is 6.41. The van der Waals surface area contributed by atoms with Crippen LogP contribution in [0.4, 0.5) is 4.39 Å². The van der Waals surface area contributed by atoms with Crippen molar-refractivity contribution < 1.29 is 18.2 Å². The highest BCUT2D eigenvalue weighted by molar-refractivity contribution is 5.74. The minimum Gasteiger partial charge on any atom is -0.364 e. The van der Waals surface area contributed by atoms with Gasteiger partial charge in [0.15, 0.2) is 12.0 Å². The molecular formula is C18H13FN4O3. The number of benzene rings is 1. The van der Waals surface area contributed by atoms with Crippen LogP contribution in [-0.4, -0.2) is 21.2 Å². The Kier molecular flexibility index (Phi) is 3.94. The molecule has 1 unspecified atom stereocenters. The third-order valence-corrected chi connectivity index (χ3v) is 3.98. The molecule has 0 aliphatic carbocycles. The number of hydrogen-bond acceptors (Lipinski definition) is 6. The van der Waals surface area contributed by atoms with Gasteiger partial charge in [0.1, 0.15) is 29.5 Å². The predicted octanol–water partition coefficient (Wildman–Crippen LogP) is 3.12. The summed E-state index contributed by atoms with van der Waals surface area (Å²) in [5.41, 5.74) is 8.32. The highest BCUT2D eigenvalue weighted by Gasteiger charge is 2.18. The summed E-state index contributed by atoms with van der Waals surface area (Å²) in [4.78, 5) is 10.8. The van der Waals surface area contributed by atoms with Crippen molar-refractivity contribution in [2.75, 3.05) is 0 Å². The van der Waals surface area contributed by atoms with Crippen LogP contribution in [0.25, 0.3) is 16.9 Å². The lowest BCUT2D eigenvalue weighted by Gasteiger charge is -2.06. The summed E-state index contributed by atoms with van der Waals surface area (Å²) < 4.78 is 26.1. The van der Waals surface area contributed by atoms with Crippen molar-refractivity contribution in [1.29, 1.82) is 0 Å². The minimum absolute atomic E-state index is 0.324. The molecule has 130 valence electrons. The zero-order valence-corrected chi connectivity index (χ0v) is 13.4. The Morgan fingerprint density at radius 1 is 1.19 bits per heavy atom. The zero-order chi connectivity index (χ0) is 18.1. The van der Waals surface area contributed by atoms with Crippen LogP contribution in [0.1, 0.15) is 27.9 Å². The maximum atomic E-state index is 14.5. The van der Waals surface area contributed by atoms with Crippen LogP contribution in [0.2, 0.25) is 0 Å². The van der Waals surface area contributed by atoms with E-state index in [1.54, 1.807) is 42.7 Å². The second-order valence-corrected chi connectivity index (χ2v) is 5.65. The smallest absolute Gasteiger partial charge is 0.160 e. The normalized spacial score (nSPS) is 12.2. The first-order valence-corrected chi connectivity index (χ1v) is 7.71. The minimum atomic E-state index is -0.624. The number of aromatic nitrogens is 3. The number of nitrogens with two attached hydrogens (primary N) is 1. The molecule has 0 aliphatic heterocycles. The lowest BCUT2D eigenvalue weighted by molar-refractivity contribution is 0.112. The fourth-order valence-electron chi connectivity index (χ4n) is 2.61. The van der Waals surface area contributed by atoms with Crippen molar-refractivity contribution >= 4 is 6.29 Å². The van der Waals surface area contributed by atoms with Gasteiger partial charge in [0.05, 0.1) is 5.69 Å². The van der Waals surface area contributed by atoms with E-state index in [0.29, 0.717) is 40.2 Å². The molecule has 0 bridgehead atoms. The summed E-state index contributed by atoms with van der Waals surface area (Å²) in [7, 11) is 0. The fourth-order valence-corrected chi connectivity index (χ4v) is 2.61. The molecule has 0 aliphatic rings. The number of carbonyl (C=O) groups is 1. The second-order valence-electron chi connectivity index (χ2n) is 5.65. The zero-order valence-electron chi connectivity index (χ0n) is 13.4. The van der Waals surface area contributed by atoms with E-state index in [0.717, 1.165) is 0 Å². The number of rotatable bonds is 5. The molecule has 0 saturated carbocycles. The van der Waals surface area contributed by atoms with Crippen LogP contribution in [0.15, 0.2) is 64.1 Å². The molecule has 26 heavy (non-hydrogen) atoms. The molecule has 4 aromatic rings. The third kappa shape index (κ3) is 2.82. The van der Waals surface area contributed by atoms with Gasteiger partial charge in [0.25, 0.3) is 0 Å². The Labute approximate surface area is 146 Å². The predicted molar refractivity (Wildman–Crippen MR) is 89.1 cm³/mol. The maximum Gasteiger partial charge on any atom is 0.160 e. The molecule has 4 rings (SSSR count). The molecule has 0 fully saturated rings. The average Bonchev–Trinajstić information content (AvgIpc) is 3.42. The van der Waals surface area contributed by atoms with Crippen LogP contribution in [-0.2, 0) is 0 Å². The van der Waals surface area contributed by atoms with Gasteiger partial charge in [0.2, 0.25) is 0 Å². The molecular weight excluding hydrogens is 339 g/mol. The first-order chi connectivity index (χ1) is 12.7. The quantitative estimate of drug-likeness (QED) is 0.554. The highest BCUT2D eigenvalue weighted by atomic mass is 19.1. The van der Waals surface area contributed by atoms with E-state index >= 15 is 0 Å². The van der Waals surface area contributed by atoms with Crippen molar-refractivity contribution in [3.8, 4) is 16.9 Å². The molecule has 1 aromatic carbocycles.